The molecular formula is C10H16N6O2. The molecular weight excluding hydrogens is 236 g/mol. The van der Waals surface area contributed by atoms with Crippen molar-refractivity contribution in [2.75, 3.05) is 30.9 Å². The molecule has 0 bridgehead atoms. The number of rotatable bonds is 4. The fourth-order valence-electron chi connectivity index (χ4n) is 2.03. The van der Waals surface area contributed by atoms with Crippen LogP contribution in [0.25, 0.3) is 0 Å². The molecule has 0 amide bonds. The van der Waals surface area contributed by atoms with E-state index in [9.17, 15) is 10.1 Å². The van der Waals surface area contributed by atoms with E-state index in [1.807, 2.05) is 7.05 Å². The molecule has 1 aliphatic heterocycles. The van der Waals surface area contributed by atoms with Crippen LogP contribution in [0.15, 0.2) is 12.1 Å². The smallest absolute Gasteiger partial charge is 0.276 e. The lowest BCUT2D eigenvalue weighted by atomic mass is 10.2. The average Bonchev–Trinajstić information content (AvgIpc) is 2.74. The van der Waals surface area contributed by atoms with Crippen molar-refractivity contribution in [3.8, 4) is 0 Å². The highest BCUT2D eigenvalue weighted by Crippen LogP contribution is 2.21. The molecule has 18 heavy (non-hydrogen) atoms. The van der Waals surface area contributed by atoms with Gasteiger partial charge in [-0.2, -0.15) is 0 Å². The van der Waals surface area contributed by atoms with Crippen LogP contribution in [0.3, 0.4) is 0 Å². The number of nitrogens with one attached hydrogen (secondary N) is 2. The monoisotopic (exact) mass is 252 g/mol. The van der Waals surface area contributed by atoms with Crippen LogP contribution in [0.5, 0.6) is 0 Å². The maximum atomic E-state index is 10.8. The van der Waals surface area contributed by atoms with Gasteiger partial charge in [0.2, 0.25) is 0 Å². The van der Waals surface area contributed by atoms with Crippen molar-refractivity contribution in [3.63, 3.8) is 0 Å². The summed E-state index contributed by atoms with van der Waals surface area (Å²) in [5.41, 5.74) is 2.29. The quantitative estimate of drug-likeness (QED) is 0.404. The molecule has 0 saturated carbocycles. The number of hydrogen-bond acceptors (Lipinski definition) is 7. The van der Waals surface area contributed by atoms with Crippen molar-refractivity contribution in [3.05, 3.63) is 22.2 Å². The molecule has 2 heterocycles. The minimum atomic E-state index is -0.464. The van der Waals surface area contributed by atoms with E-state index in [4.69, 9.17) is 5.84 Å². The standard InChI is InChI=1S/C10H16N6O2/c1-15-3-2-7(6-15)12-9-4-8(16(17)18)5-10(13-9)14-11/h4-5,7H,2-3,6,11H2,1H3,(H2,12,13,14). The lowest BCUT2D eigenvalue weighted by Gasteiger charge is -2.14. The second-order valence-electron chi connectivity index (χ2n) is 4.39. The van der Waals surface area contributed by atoms with Crippen molar-refractivity contribution in [2.24, 2.45) is 5.84 Å². The molecule has 1 aromatic rings. The first kappa shape index (κ1) is 12.5. The normalized spacial score (nSPS) is 19.8. The van der Waals surface area contributed by atoms with E-state index in [1.165, 1.54) is 12.1 Å². The zero-order chi connectivity index (χ0) is 13.1. The van der Waals surface area contributed by atoms with Crippen molar-refractivity contribution in [1.29, 1.82) is 0 Å². The number of likely N-dealkylation sites (N-methyl/N-ethyl adjacent to an activating group) is 1. The van der Waals surface area contributed by atoms with Crippen LogP contribution in [0.2, 0.25) is 0 Å². The van der Waals surface area contributed by atoms with E-state index in [2.05, 4.69) is 20.6 Å². The molecule has 0 aliphatic carbocycles. The Morgan fingerprint density at radius 3 is 2.83 bits per heavy atom. The fourth-order valence-corrected chi connectivity index (χ4v) is 2.03. The van der Waals surface area contributed by atoms with E-state index in [1.54, 1.807) is 0 Å². The first-order valence-electron chi connectivity index (χ1n) is 5.66. The van der Waals surface area contributed by atoms with Crippen LogP contribution in [-0.4, -0.2) is 41.0 Å². The first-order valence-corrected chi connectivity index (χ1v) is 5.66. The molecule has 8 heteroatoms. The minimum Gasteiger partial charge on any atom is -0.366 e. The number of hydrazine groups is 1. The van der Waals surface area contributed by atoms with Crippen LogP contribution in [0.4, 0.5) is 17.3 Å². The van der Waals surface area contributed by atoms with Gasteiger partial charge in [-0.05, 0) is 20.0 Å². The molecule has 1 unspecified atom stereocenters. The van der Waals surface area contributed by atoms with E-state index < -0.39 is 4.92 Å². The second kappa shape index (κ2) is 5.15. The van der Waals surface area contributed by atoms with Crippen molar-refractivity contribution < 1.29 is 4.92 Å². The summed E-state index contributed by atoms with van der Waals surface area (Å²) in [5, 5.41) is 14.0. The number of nitrogens with zero attached hydrogens (tertiary/aromatic N) is 3. The zero-order valence-corrected chi connectivity index (χ0v) is 10.1. The number of nitrogens with two attached hydrogens (primary N) is 1. The van der Waals surface area contributed by atoms with E-state index >= 15 is 0 Å². The summed E-state index contributed by atoms with van der Waals surface area (Å²) in [5.74, 6) is 5.99. The zero-order valence-electron chi connectivity index (χ0n) is 10.1. The third-order valence-electron chi connectivity index (χ3n) is 2.91. The summed E-state index contributed by atoms with van der Waals surface area (Å²) in [6, 6.07) is 2.97. The Morgan fingerprint density at radius 2 is 2.28 bits per heavy atom. The predicted octanol–water partition coefficient (Wildman–Crippen LogP) is 0.391. The molecule has 2 rings (SSSR count). The molecule has 1 aliphatic rings. The highest BCUT2D eigenvalue weighted by Gasteiger charge is 2.20. The molecule has 1 aromatic heterocycles. The predicted molar refractivity (Wildman–Crippen MR) is 68.2 cm³/mol. The molecule has 1 fully saturated rings. The average molecular weight is 252 g/mol. The van der Waals surface area contributed by atoms with Gasteiger partial charge >= 0.3 is 0 Å². The van der Waals surface area contributed by atoms with Gasteiger partial charge < -0.3 is 15.6 Å². The highest BCUT2D eigenvalue weighted by molar-refractivity contribution is 5.54. The van der Waals surface area contributed by atoms with Crippen LogP contribution in [0.1, 0.15) is 6.42 Å². The number of hydrogen-bond donors (Lipinski definition) is 3. The van der Waals surface area contributed by atoms with Gasteiger partial charge in [-0.15, -0.1) is 0 Å². The maximum Gasteiger partial charge on any atom is 0.276 e. The van der Waals surface area contributed by atoms with Crippen molar-refractivity contribution >= 4 is 17.3 Å². The SMILES string of the molecule is CN1CCC(Nc2cc([N+](=O)[O-])cc(NN)n2)C1. The van der Waals surface area contributed by atoms with Gasteiger partial charge in [-0.1, -0.05) is 0 Å². The fraction of sp³-hybridized carbons (Fsp3) is 0.500. The number of likely N-dealkylation sites (tertiary alicyclic amines) is 1. The molecule has 0 aromatic carbocycles. The molecule has 4 N–H and O–H groups in total. The third-order valence-corrected chi connectivity index (χ3v) is 2.91. The third kappa shape index (κ3) is 2.84. The molecule has 8 nitrogen and oxygen atoms in total. The Kier molecular flexibility index (Phi) is 3.58. The number of nitrogen functional groups attached to an aromatic ring is 1. The molecule has 1 atom stereocenters. The summed E-state index contributed by atoms with van der Waals surface area (Å²) in [7, 11) is 2.04. The van der Waals surface area contributed by atoms with E-state index in [0.29, 0.717) is 5.82 Å². The van der Waals surface area contributed by atoms with Crippen molar-refractivity contribution in [1.82, 2.24) is 9.88 Å². The second-order valence-corrected chi connectivity index (χ2v) is 4.39. The van der Waals surface area contributed by atoms with Gasteiger partial charge in [0.1, 0.15) is 11.6 Å². The lowest BCUT2D eigenvalue weighted by molar-refractivity contribution is -0.384. The van der Waals surface area contributed by atoms with Gasteiger partial charge in [0, 0.05) is 12.6 Å². The van der Waals surface area contributed by atoms with Crippen LogP contribution >= 0.6 is 0 Å². The first-order chi connectivity index (χ1) is 8.58. The Bertz CT molecular complexity index is 452. The molecule has 1 saturated heterocycles. The molecule has 98 valence electrons. The summed E-state index contributed by atoms with van der Waals surface area (Å²) in [4.78, 5) is 16.7. The number of pyridine rings is 1. The Hall–Kier alpha value is -1.93. The number of aromatic nitrogens is 1. The topological polar surface area (TPSA) is 109 Å². The Labute approximate surface area is 104 Å². The Morgan fingerprint density at radius 1 is 1.56 bits per heavy atom. The van der Waals surface area contributed by atoms with Gasteiger partial charge in [-0.3, -0.25) is 10.1 Å². The van der Waals surface area contributed by atoms with Gasteiger partial charge in [0.05, 0.1) is 17.1 Å². The van der Waals surface area contributed by atoms with Crippen LogP contribution < -0.4 is 16.6 Å². The lowest BCUT2D eigenvalue weighted by Crippen LogP contribution is -2.24. The number of nitro groups is 1. The molecule has 0 spiro atoms. The van der Waals surface area contributed by atoms with E-state index in [-0.39, 0.29) is 17.5 Å². The summed E-state index contributed by atoms with van der Waals surface area (Å²) >= 11 is 0. The summed E-state index contributed by atoms with van der Waals surface area (Å²) in [6.07, 6.45) is 0.992. The van der Waals surface area contributed by atoms with Crippen molar-refractivity contribution in [2.45, 2.75) is 12.5 Å². The maximum absolute atomic E-state index is 10.8. The van der Waals surface area contributed by atoms with Crippen LogP contribution in [-0.2, 0) is 0 Å². The van der Waals surface area contributed by atoms with Gasteiger partial charge in [0.25, 0.3) is 5.69 Å². The van der Waals surface area contributed by atoms with E-state index in [0.717, 1.165) is 19.5 Å². The highest BCUT2D eigenvalue weighted by atomic mass is 16.6. The number of anilines is 2. The molecule has 0 radical (unpaired) electrons. The van der Waals surface area contributed by atoms with Gasteiger partial charge in [-0.25, -0.2) is 10.8 Å². The minimum absolute atomic E-state index is 0.0354. The van der Waals surface area contributed by atoms with Crippen LogP contribution in [0, 0.1) is 10.1 Å². The largest absolute Gasteiger partial charge is 0.366 e. The van der Waals surface area contributed by atoms with Gasteiger partial charge in [0.15, 0.2) is 0 Å². The Balaban J connectivity index is 2.16. The summed E-state index contributed by atoms with van der Waals surface area (Å²) < 4.78 is 0. The summed E-state index contributed by atoms with van der Waals surface area (Å²) in [6.45, 7) is 1.91.